The van der Waals surface area contributed by atoms with Crippen LogP contribution in [0.5, 0.6) is 0 Å². The van der Waals surface area contributed by atoms with Crippen molar-refractivity contribution in [2.75, 3.05) is 19.6 Å². The van der Waals surface area contributed by atoms with Crippen LogP contribution in [0.3, 0.4) is 0 Å². The number of nitrogens with one attached hydrogen (secondary N) is 2. The van der Waals surface area contributed by atoms with Gasteiger partial charge in [0.05, 0.1) is 13.1 Å². The van der Waals surface area contributed by atoms with Crippen LogP contribution in [-0.2, 0) is 20.8 Å². The summed E-state index contributed by atoms with van der Waals surface area (Å²) in [5.74, 6) is -0.683. The molecule has 3 amide bonds. The highest BCUT2D eigenvalue weighted by atomic mass is 16.2. The summed E-state index contributed by atoms with van der Waals surface area (Å²) in [5, 5.41) is 4.99. The Hall–Kier alpha value is -2.37. The molecule has 1 aromatic carbocycles. The lowest BCUT2D eigenvalue weighted by atomic mass is 9.95. The number of rotatable bonds is 6. The largest absolute Gasteiger partial charge is 0.347 e. The van der Waals surface area contributed by atoms with E-state index < -0.39 is 0 Å². The molecule has 24 heavy (non-hydrogen) atoms. The van der Waals surface area contributed by atoms with Crippen molar-refractivity contribution in [1.29, 1.82) is 0 Å². The van der Waals surface area contributed by atoms with Gasteiger partial charge in [0, 0.05) is 19.5 Å². The van der Waals surface area contributed by atoms with Crippen LogP contribution in [0.4, 0.5) is 0 Å². The summed E-state index contributed by atoms with van der Waals surface area (Å²) in [5.41, 5.74) is 1.22. The molecule has 1 atom stereocenters. The molecular formula is C18H25N3O3. The van der Waals surface area contributed by atoms with E-state index in [1.54, 1.807) is 0 Å². The Labute approximate surface area is 142 Å². The van der Waals surface area contributed by atoms with Crippen molar-refractivity contribution in [3.63, 3.8) is 0 Å². The van der Waals surface area contributed by atoms with Gasteiger partial charge in [-0.15, -0.1) is 0 Å². The second kappa shape index (κ2) is 9.05. The number of amides is 3. The van der Waals surface area contributed by atoms with Gasteiger partial charge in [-0.3, -0.25) is 14.4 Å². The van der Waals surface area contributed by atoms with Gasteiger partial charge < -0.3 is 15.5 Å². The third-order valence-electron chi connectivity index (χ3n) is 4.20. The molecule has 1 heterocycles. The highest BCUT2D eigenvalue weighted by molar-refractivity contribution is 5.87. The predicted molar refractivity (Wildman–Crippen MR) is 91.2 cm³/mol. The number of carbonyl (C=O) groups is 3. The zero-order chi connectivity index (χ0) is 17.4. The van der Waals surface area contributed by atoms with E-state index in [9.17, 15) is 14.4 Å². The maximum atomic E-state index is 12.5. The number of hydrogen-bond acceptors (Lipinski definition) is 3. The summed E-state index contributed by atoms with van der Waals surface area (Å²) >= 11 is 0. The summed E-state index contributed by atoms with van der Waals surface area (Å²) in [7, 11) is 0. The molecule has 1 fully saturated rings. The summed E-state index contributed by atoms with van der Waals surface area (Å²) in [4.78, 5) is 36.7. The van der Waals surface area contributed by atoms with Gasteiger partial charge in [0.1, 0.15) is 0 Å². The Kier molecular flexibility index (Phi) is 6.78. The van der Waals surface area contributed by atoms with Gasteiger partial charge >= 0.3 is 0 Å². The molecule has 0 aromatic heterocycles. The van der Waals surface area contributed by atoms with E-state index in [2.05, 4.69) is 22.8 Å². The van der Waals surface area contributed by atoms with E-state index in [0.717, 1.165) is 32.2 Å². The standard InChI is InChI=1S/C18H25N3O3/c1-14(22)19-12-17(23)20-13-18(24)21-10-6-5-9-16(21)11-15-7-3-2-4-8-15/h2-4,7-8,16H,5-6,9-13H2,1H3,(H,19,22)(H,20,23). The zero-order valence-corrected chi connectivity index (χ0v) is 14.1. The molecule has 1 aliphatic rings. The molecule has 1 aliphatic heterocycles. The normalized spacial score (nSPS) is 17.2. The van der Waals surface area contributed by atoms with Gasteiger partial charge in [-0.1, -0.05) is 30.3 Å². The molecule has 0 aliphatic carbocycles. The maximum Gasteiger partial charge on any atom is 0.242 e. The number of likely N-dealkylation sites (tertiary alicyclic amines) is 1. The van der Waals surface area contributed by atoms with Crippen molar-refractivity contribution in [3.8, 4) is 0 Å². The van der Waals surface area contributed by atoms with E-state index in [4.69, 9.17) is 0 Å². The van der Waals surface area contributed by atoms with Crippen LogP contribution < -0.4 is 10.6 Å². The third kappa shape index (κ3) is 5.68. The Balaban J connectivity index is 1.86. The van der Waals surface area contributed by atoms with Crippen LogP contribution in [-0.4, -0.2) is 48.3 Å². The molecule has 1 aromatic rings. The van der Waals surface area contributed by atoms with Gasteiger partial charge in [-0.2, -0.15) is 0 Å². The first-order valence-electron chi connectivity index (χ1n) is 8.41. The summed E-state index contributed by atoms with van der Waals surface area (Å²) < 4.78 is 0. The van der Waals surface area contributed by atoms with Gasteiger partial charge in [0.2, 0.25) is 17.7 Å². The number of piperidine rings is 1. The van der Waals surface area contributed by atoms with Crippen LogP contribution in [0.1, 0.15) is 31.7 Å². The Bertz CT molecular complexity index is 574. The second-order valence-corrected chi connectivity index (χ2v) is 6.11. The molecule has 2 rings (SSSR count). The highest BCUT2D eigenvalue weighted by Crippen LogP contribution is 2.20. The fourth-order valence-electron chi connectivity index (χ4n) is 2.97. The van der Waals surface area contributed by atoms with Gasteiger partial charge in [0.25, 0.3) is 0 Å². The van der Waals surface area contributed by atoms with Crippen molar-refractivity contribution in [2.45, 2.75) is 38.6 Å². The van der Waals surface area contributed by atoms with Crippen molar-refractivity contribution < 1.29 is 14.4 Å². The summed E-state index contributed by atoms with van der Waals surface area (Å²) in [6.07, 6.45) is 3.94. The molecule has 0 spiro atoms. The fraction of sp³-hybridized carbons (Fsp3) is 0.500. The molecule has 0 saturated carbocycles. The number of carbonyl (C=O) groups excluding carboxylic acids is 3. The molecule has 130 valence electrons. The van der Waals surface area contributed by atoms with E-state index in [0.29, 0.717) is 0 Å². The lowest BCUT2D eigenvalue weighted by Gasteiger charge is -2.36. The van der Waals surface area contributed by atoms with Gasteiger partial charge in [0.15, 0.2) is 0 Å². The minimum atomic E-state index is -0.352. The smallest absolute Gasteiger partial charge is 0.242 e. The van der Waals surface area contributed by atoms with Crippen molar-refractivity contribution in [3.05, 3.63) is 35.9 Å². The Morgan fingerprint density at radius 1 is 1.08 bits per heavy atom. The van der Waals surface area contributed by atoms with E-state index in [1.807, 2.05) is 23.1 Å². The quantitative estimate of drug-likeness (QED) is 0.812. The molecule has 2 N–H and O–H groups in total. The monoisotopic (exact) mass is 331 g/mol. The van der Waals surface area contributed by atoms with E-state index in [-0.39, 0.29) is 36.9 Å². The summed E-state index contributed by atoms with van der Waals surface area (Å²) in [6.45, 7) is 1.96. The van der Waals surface area contributed by atoms with Gasteiger partial charge in [-0.25, -0.2) is 0 Å². The average Bonchev–Trinajstić information content (AvgIpc) is 2.59. The first kappa shape index (κ1) is 18.0. The lowest BCUT2D eigenvalue weighted by Crippen LogP contribution is -2.49. The molecule has 6 heteroatoms. The molecule has 1 unspecified atom stereocenters. The Morgan fingerprint density at radius 3 is 2.54 bits per heavy atom. The van der Waals surface area contributed by atoms with Crippen LogP contribution >= 0.6 is 0 Å². The topological polar surface area (TPSA) is 78.5 Å². The van der Waals surface area contributed by atoms with Crippen molar-refractivity contribution in [2.24, 2.45) is 0 Å². The molecule has 1 saturated heterocycles. The maximum absolute atomic E-state index is 12.5. The van der Waals surface area contributed by atoms with Crippen molar-refractivity contribution >= 4 is 17.7 Å². The van der Waals surface area contributed by atoms with Crippen LogP contribution in [0.15, 0.2) is 30.3 Å². The van der Waals surface area contributed by atoms with E-state index >= 15 is 0 Å². The van der Waals surface area contributed by atoms with E-state index in [1.165, 1.54) is 12.5 Å². The van der Waals surface area contributed by atoms with Gasteiger partial charge in [-0.05, 0) is 31.2 Å². The second-order valence-electron chi connectivity index (χ2n) is 6.11. The first-order chi connectivity index (χ1) is 11.6. The van der Waals surface area contributed by atoms with Crippen molar-refractivity contribution in [1.82, 2.24) is 15.5 Å². The Morgan fingerprint density at radius 2 is 1.83 bits per heavy atom. The molecule has 0 bridgehead atoms. The third-order valence-corrected chi connectivity index (χ3v) is 4.20. The van der Waals surface area contributed by atoms with Crippen LogP contribution in [0.2, 0.25) is 0 Å². The number of benzene rings is 1. The minimum absolute atomic E-state index is 0.0241. The number of nitrogens with zero attached hydrogens (tertiary/aromatic N) is 1. The SMILES string of the molecule is CC(=O)NCC(=O)NCC(=O)N1CCCCC1Cc1ccccc1. The summed E-state index contributed by atoms with van der Waals surface area (Å²) in [6, 6.07) is 10.3. The highest BCUT2D eigenvalue weighted by Gasteiger charge is 2.26. The average molecular weight is 331 g/mol. The molecule has 0 radical (unpaired) electrons. The fourth-order valence-corrected chi connectivity index (χ4v) is 2.97. The number of hydrogen-bond donors (Lipinski definition) is 2. The van der Waals surface area contributed by atoms with Crippen LogP contribution in [0, 0.1) is 0 Å². The molecular weight excluding hydrogens is 306 g/mol. The molecule has 6 nitrogen and oxygen atoms in total. The lowest BCUT2D eigenvalue weighted by molar-refractivity contribution is -0.135. The zero-order valence-electron chi connectivity index (χ0n) is 14.1. The predicted octanol–water partition coefficient (Wildman–Crippen LogP) is 0.863. The van der Waals surface area contributed by atoms with Crippen LogP contribution in [0.25, 0.3) is 0 Å². The minimum Gasteiger partial charge on any atom is -0.347 e. The first-order valence-corrected chi connectivity index (χ1v) is 8.41.